The molecule has 0 saturated heterocycles. The Labute approximate surface area is 162 Å². The van der Waals surface area contributed by atoms with Gasteiger partial charge in [0.15, 0.2) is 11.6 Å². The fraction of sp³-hybridized carbons (Fsp3) is 0.333. The molecule has 1 amide bonds. The molecule has 5 nitrogen and oxygen atoms in total. The Morgan fingerprint density at radius 1 is 1.04 bits per heavy atom. The predicted molar refractivity (Wildman–Crippen MR) is 99.7 cm³/mol. The standard InChI is InChI=1S/C21H23F2NO4/c1-12(2)19(28-11-14-4-9-17(22)18(23)10-14)20(25)24-13(3)15-5-7-16(8-6-15)21(26)27/h4-10,12-13,19H,11H2,1-3H3,(H,24,25)(H,26,27)/t13-,19?/m0/s1. The van der Waals surface area contributed by atoms with Gasteiger partial charge in [0.25, 0.3) is 0 Å². The number of amides is 1. The van der Waals surface area contributed by atoms with Crippen LogP contribution in [0.4, 0.5) is 8.78 Å². The van der Waals surface area contributed by atoms with Crippen LogP contribution in [0.25, 0.3) is 0 Å². The number of carbonyl (C=O) groups is 2. The molecule has 2 rings (SSSR count). The lowest BCUT2D eigenvalue weighted by Crippen LogP contribution is -2.40. The quantitative estimate of drug-likeness (QED) is 0.711. The van der Waals surface area contributed by atoms with Crippen LogP contribution in [0.2, 0.25) is 0 Å². The molecule has 0 aromatic heterocycles. The van der Waals surface area contributed by atoms with E-state index in [9.17, 15) is 18.4 Å². The van der Waals surface area contributed by atoms with E-state index in [0.717, 1.165) is 17.7 Å². The van der Waals surface area contributed by atoms with E-state index in [4.69, 9.17) is 9.84 Å². The normalized spacial score (nSPS) is 13.2. The smallest absolute Gasteiger partial charge is 0.335 e. The number of ether oxygens (including phenoxy) is 1. The fourth-order valence-corrected chi connectivity index (χ4v) is 2.68. The summed E-state index contributed by atoms with van der Waals surface area (Å²) in [5.74, 6) is -3.41. The van der Waals surface area contributed by atoms with Crippen LogP contribution >= 0.6 is 0 Å². The SMILES string of the molecule is CC(C)C(OCc1ccc(F)c(F)c1)C(=O)N[C@@H](C)c1ccc(C(=O)O)cc1. The maximum Gasteiger partial charge on any atom is 0.335 e. The number of halogens is 2. The van der Waals surface area contributed by atoms with Crippen LogP contribution in [0.3, 0.4) is 0 Å². The minimum Gasteiger partial charge on any atom is -0.478 e. The van der Waals surface area contributed by atoms with Crippen molar-refractivity contribution in [1.82, 2.24) is 5.32 Å². The molecule has 2 N–H and O–H groups in total. The highest BCUT2D eigenvalue weighted by Crippen LogP contribution is 2.17. The number of carbonyl (C=O) groups excluding carboxylic acids is 1. The minimum atomic E-state index is -1.02. The van der Waals surface area contributed by atoms with Crippen molar-refractivity contribution in [3.63, 3.8) is 0 Å². The molecule has 0 fully saturated rings. The summed E-state index contributed by atoms with van der Waals surface area (Å²) in [6, 6.07) is 9.32. The second-order valence-electron chi connectivity index (χ2n) is 6.88. The maximum atomic E-state index is 13.3. The van der Waals surface area contributed by atoms with Crippen molar-refractivity contribution in [1.29, 1.82) is 0 Å². The molecule has 0 spiro atoms. The summed E-state index contributed by atoms with van der Waals surface area (Å²) in [4.78, 5) is 23.5. The summed E-state index contributed by atoms with van der Waals surface area (Å²) in [7, 11) is 0. The topological polar surface area (TPSA) is 75.6 Å². The first-order valence-corrected chi connectivity index (χ1v) is 8.88. The van der Waals surface area contributed by atoms with Crippen LogP contribution in [-0.2, 0) is 16.1 Å². The molecule has 0 aliphatic heterocycles. The van der Waals surface area contributed by atoms with E-state index in [-0.39, 0.29) is 30.0 Å². The lowest BCUT2D eigenvalue weighted by atomic mass is 10.0. The van der Waals surface area contributed by atoms with E-state index >= 15 is 0 Å². The number of hydrogen-bond donors (Lipinski definition) is 2. The van der Waals surface area contributed by atoms with Gasteiger partial charge in [-0.15, -0.1) is 0 Å². The van der Waals surface area contributed by atoms with Crippen molar-refractivity contribution in [3.05, 3.63) is 70.8 Å². The summed E-state index contributed by atoms with van der Waals surface area (Å²) in [6.07, 6.45) is -0.783. The fourth-order valence-electron chi connectivity index (χ4n) is 2.68. The number of carboxylic acids is 1. The minimum absolute atomic E-state index is 0.0326. The largest absolute Gasteiger partial charge is 0.478 e. The van der Waals surface area contributed by atoms with Crippen LogP contribution in [0.5, 0.6) is 0 Å². The van der Waals surface area contributed by atoms with E-state index in [1.807, 2.05) is 13.8 Å². The zero-order chi connectivity index (χ0) is 20.8. The Morgan fingerprint density at radius 2 is 1.68 bits per heavy atom. The molecule has 7 heteroatoms. The molecular weight excluding hydrogens is 368 g/mol. The molecule has 150 valence electrons. The summed E-state index contributed by atoms with van der Waals surface area (Å²) in [5, 5.41) is 11.8. The van der Waals surface area contributed by atoms with Gasteiger partial charge in [0.1, 0.15) is 6.10 Å². The summed E-state index contributed by atoms with van der Waals surface area (Å²) in [6.45, 7) is 5.39. The van der Waals surface area contributed by atoms with Gasteiger partial charge >= 0.3 is 5.97 Å². The van der Waals surface area contributed by atoms with Crippen LogP contribution < -0.4 is 5.32 Å². The highest BCUT2D eigenvalue weighted by molar-refractivity contribution is 5.87. The lowest BCUT2D eigenvalue weighted by Gasteiger charge is -2.23. The third kappa shape index (κ3) is 5.60. The lowest BCUT2D eigenvalue weighted by molar-refractivity contribution is -0.137. The van der Waals surface area contributed by atoms with Crippen molar-refractivity contribution in [3.8, 4) is 0 Å². The van der Waals surface area contributed by atoms with Gasteiger partial charge in [0.05, 0.1) is 18.2 Å². The molecule has 0 aliphatic rings. The number of nitrogens with one attached hydrogen (secondary N) is 1. The number of benzene rings is 2. The first-order valence-electron chi connectivity index (χ1n) is 8.88. The van der Waals surface area contributed by atoms with E-state index in [1.165, 1.54) is 18.2 Å². The van der Waals surface area contributed by atoms with E-state index in [2.05, 4.69) is 5.32 Å². The number of carboxylic acid groups (broad SMARTS) is 1. The van der Waals surface area contributed by atoms with Gasteiger partial charge in [0, 0.05) is 0 Å². The third-order valence-corrected chi connectivity index (χ3v) is 4.29. The molecule has 0 heterocycles. The Bertz CT molecular complexity index is 837. The van der Waals surface area contributed by atoms with Gasteiger partial charge in [-0.25, -0.2) is 13.6 Å². The average molecular weight is 391 g/mol. The number of rotatable bonds is 8. The Morgan fingerprint density at radius 3 is 2.21 bits per heavy atom. The van der Waals surface area contributed by atoms with Gasteiger partial charge in [-0.1, -0.05) is 32.0 Å². The zero-order valence-electron chi connectivity index (χ0n) is 15.9. The van der Waals surface area contributed by atoms with Gasteiger partial charge in [0.2, 0.25) is 5.91 Å². The molecule has 2 atom stereocenters. The molecule has 0 aliphatic carbocycles. The third-order valence-electron chi connectivity index (χ3n) is 4.29. The molecule has 2 aromatic carbocycles. The van der Waals surface area contributed by atoms with Crippen LogP contribution in [-0.4, -0.2) is 23.1 Å². The van der Waals surface area contributed by atoms with Crippen LogP contribution in [0, 0.1) is 17.6 Å². The molecule has 0 saturated carbocycles. The Kier molecular flexibility index (Phi) is 7.23. The summed E-state index contributed by atoms with van der Waals surface area (Å²) in [5.41, 5.74) is 1.34. The predicted octanol–water partition coefficient (Wildman–Crippen LogP) is 4.08. The van der Waals surface area contributed by atoms with Crippen molar-refractivity contribution in [2.75, 3.05) is 0 Å². The second-order valence-corrected chi connectivity index (χ2v) is 6.88. The van der Waals surface area contributed by atoms with Crippen molar-refractivity contribution in [2.24, 2.45) is 5.92 Å². The molecule has 1 unspecified atom stereocenters. The molecule has 0 bridgehead atoms. The van der Waals surface area contributed by atoms with Gasteiger partial charge in [-0.3, -0.25) is 4.79 Å². The average Bonchev–Trinajstić information content (AvgIpc) is 2.64. The molecule has 2 aromatic rings. The van der Waals surface area contributed by atoms with Crippen molar-refractivity contribution < 1.29 is 28.2 Å². The zero-order valence-corrected chi connectivity index (χ0v) is 15.9. The van der Waals surface area contributed by atoms with Crippen LogP contribution in [0.1, 0.15) is 48.3 Å². The molecule has 0 radical (unpaired) electrons. The second kappa shape index (κ2) is 9.41. The molecule has 28 heavy (non-hydrogen) atoms. The van der Waals surface area contributed by atoms with Gasteiger partial charge in [-0.05, 0) is 48.2 Å². The van der Waals surface area contributed by atoms with E-state index < -0.39 is 23.7 Å². The van der Waals surface area contributed by atoms with Gasteiger partial charge in [-0.2, -0.15) is 0 Å². The summed E-state index contributed by atoms with van der Waals surface area (Å²) < 4.78 is 32.0. The number of hydrogen-bond acceptors (Lipinski definition) is 3. The van der Waals surface area contributed by atoms with E-state index in [0.29, 0.717) is 5.56 Å². The maximum absolute atomic E-state index is 13.3. The van der Waals surface area contributed by atoms with Crippen LogP contribution in [0.15, 0.2) is 42.5 Å². The summed E-state index contributed by atoms with van der Waals surface area (Å²) >= 11 is 0. The first-order chi connectivity index (χ1) is 13.2. The molecular formula is C21H23F2NO4. The number of aromatic carboxylic acids is 1. The van der Waals surface area contributed by atoms with Crippen molar-refractivity contribution in [2.45, 2.75) is 39.5 Å². The van der Waals surface area contributed by atoms with Gasteiger partial charge < -0.3 is 15.2 Å². The first kappa shape index (κ1) is 21.5. The highest BCUT2D eigenvalue weighted by Gasteiger charge is 2.25. The Balaban J connectivity index is 2.01. The van der Waals surface area contributed by atoms with E-state index in [1.54, 1.807) is 19.1 Å². The van der Waals surface area contributed by atoms with Crippen molar-refractivity contribution >= 4 is 11.9 Å². The highest BCUT2D eigenvalue weighted by atomic mass is 19.2. The Hall–Kier alpha value is -2.80. The monoisotopic (exact) mass is 391 g/mol.